The van der Waals surface area contributed by atoms with Crippen LogP contribution in [0.4, 0.5) is 10.5 Å². The minimum Gasteiger partial charge on any atom is -0.474 e. The van der Waals surface area contributed by atoms with E-state index in [1.807, 2.05) is 37.3 Å². The van der Waals surface area contributed by atoms with E-state index >= 15 is 0 Å². The minimum atomic E-state index is -0.169. The van der Waals surface area contributed by atoms with Crippen molar-refractivity contribution in [3.63, 3.8) is 0 Å². The summed E-state index contributed by atoms with van der Waals surface area (Å²) in [7, 11) is 0. The summed E-state index contributed by atoms with van der Waals surface area (Å²) in [6, 6.07) is 13.1. The molecule has 1 heterocycles. The number of hydrogen-bond acceptors (Lipinski definition) is 4. The molecule has 134 valence electrons. The molecule has 26 heavy (non-hydrogen) atoms. The van der Waals surface area contributed by atoms with E-state index in [-0.39, 0.29) is 18.2 Å². The molecule has 0 saturated heterocycles. The Labute approximate surface area is 153 Å². The molecule has 0 unspecified atom stereocenters. The molecular formula is C20H22N4O2. The monoisotopic (exact) mass is 350 g/mol. The zero-order valence-corrected chi connectivity index (χ0v) is 14.7. The van der Waals surface area contributed by atoms with Crippen molar-refractivity contribution in [2.75, 3.05) is 5.32 Å². The highest BCUT2D eigenvalue weighted by Crippen LogP contribution is 2.23. The number of para-hydroxylation sites is 1. The zero-order chi connectivity index (χ0) is 18.4. The van der Waals surface area contributed by atoms with Gasteiger partial charge in [-0.15, -0.1) is 0 Å². The van der Waals surface area contributed by atoms with Crippen LogP contribution in [0.2, 0.25) is 0 Å². The minimum absolute atomic E-state index is 0.0907. The molecule has 1 fully saturated rings. The van der Waals surface area contributed by atoms with E-state index in [1.54, 1.807) is 12.1 Å². The molecule has 1 saturated carbocycles. The SMILES string of the molecule is Cc1ccccc1NC(=O)NC1CCC(Oc2ccc(C#N)cn2)CC1. The van der Waals surface area contributed by atoms with Gasteiger partial charge in [-0.05, 0) is 50.3 Å². The van der Waals surface area contributed by atoms with E-state index in [2.05, 4.69) is 15.6 Å². The number of nitrogens with one attached hydrogen (secondary N) is 2. The van der Waals surface area contributed by atoms with Crippen molar-refractivity contribution in [1.82, 2.24) is 10.3 Å². The van der Waals surface area contributed by atoms with Gasteiger partial charge in [-0.1, -0.05) is 18.2 Å². The van der Waals surface area contributed by atoms with Crippen LogP contribution in [-0.2, 0) is 0 Å². The third kappa shape index (κ3) is 4.73. The van der Waals surface area contributed by atoms with Gasteiger partial charge in [-0.2, -0.15) is 5.26 Å². The Morgan fingerprint density at radius 2 is 1.96 bits per heavy atom. The number of urea groups is 1. The van der Waals surface area contributed by atoms with Crippen molar-refractivity contribution >= 4 is 11.7 Å². The second-order valence-corrected chi connectivity index (χ2v) is 6.50. The van der Waals surface area contributed by atoms with Crippen molar-refractivity contribution in [3.05, 3.63) is 53.7 Å². The van der Waals surface area contributed by atoms with Crippen molar-refractivity contribution in [1.29, 1.82) is 5.26 Å². The standard InChI is InChI=1S/C20H22N4O2/c1-14-4-2-3-5-18(14)24-20(25)23-16-7-9-17(10-8-16)26-19-11-6-15(12-21)13-22-19/h2-6,11,13,16-17H,7-10H2,1H3,(H2,23,24,25). The van der Waals surface area contributed by atoms with Crippen molar-refractivity contribution in [3.8, 4) is 11.9 Å². The molecule has 0 spiro atoms. The van der Waals surface area contributed by atoms with Gasteiger partial charge in [0.25, 0.3) is 0 Å². The zero-order valence-electron chi connectivity index (χ0n) is 14.7. The molecule has 1 aromatic heterocycles. The Bertz CT molecular complexity index is 790. The Morgan fingerprint density at radius 3 is 2.62 bits per heavy atom. The van der Waals surface area contributed by atoms with E-state index in [4.69, 9.17) is 10.00 Å². The van der Waals surface area contributed by atoms with E-state index in [9.17, 15) is 4.79 Å². The first kappa shape index (κ1) is 17.7. The molecule has 1 aromatic carbocycles. The number of anilines is 1. The average Bonchev–Trinajstić information content (AvgIpc) is 2.66. The molecule has 2 aromatic rings. The molecule has 6 nitrogen and oxygen atoms in total. The van der Waals surface area contributed by atoms with Crippen LogP contribution in [0.15, 0.2) is 42.6 Å². The van der Waals surface area contributed by atoms with Crippen LogP contribution in [0, 0.1) is 18.3 Å². The highest BCUT2D eigenvalue weighted by atomic mass is 16.5. The topological polar surface area (TPSA) is 87.0 Å². The smallest absolute Gasteiger partial charge is 0.319 e. The van der Waals surface area contributed by atoms with Crippen molar-refractivity contribution in [2.45, 2.75) is 44.8 Å². The van der Waals surface area contributed by atoms with Crippen LogP contribution in [0.5, 0.6) is 5.88 Å². The van der Waals surface area contributed by atoms with E-state index in [0.717, 1.165) is 36.9 Å². The maximum absolute atomic E-state index is 12.2. The maximum atomic E-state index is 12.2. The predicted molar refractivity (Wildman–Crippen MR) is 99.0 cm³/mol. The van der Waals surface area contributed by atoms with Crippen LogP contribution < -0.4 is 15.4 Å². The lowest BCUT2D eigenvalue weighted by molar-refractivity contribution is 0.135. The third-order valence-corrected chi connectivity index (χ3v) is 4.56. The molecule has 6 heteroatoms. The quantitative estimate of drug-likeness (QED) is 0.878. The number of aromatic nitrogens is 1. The lowest BCUT2D eigenvalue weighted by Crippen LogP contribution is -2.41. The number of pyridine rings is 1. The summed E-state index contributed by atoms with van der Waals surface area (Å²) in [6.45, 7) is 1.97. The van der Waals surface area contributed by atoms with Gasteiger partial charge in [0.2, 0.25) is 5.88 Å². The molecule has 2 N–H and O–H groups in total. The van der Waals surface area contributed by atoms with Crippen LogP contribution in [0.25, 0.3) is 0 Å². The van der Waals surface area contributed by atoms with Gasteiger partial charge >= 0.3 is 6.03 Å². The number of rotatable bonds is 4. The summed E-state index contributed by atoms with van der Waals surface area (Å²) in [5, 5.41) is 14.7. The largest absolute Gasteiger partial charge is 0.474 e. The van der Waals surface area contributed by atoms with Crippen LogP contribution >= 0.6 is 0 Å². The molecule has 0 bridgehead atoms. The number of carbonyl (C=O) groups excluding carboxylic acids is 1. The van der Waals surface area contributed by atoms with Crippen LogP contribution in [-0.4, -0.2) is 23.2 Å². The van der Waals surface area contributed by atoms with Gasteiger partial charge in [-0.3, -0.25) is 0 Å². The highest BCUT2D eigenvalue weighted by molar-refractivity contribution is 5.90. The Hall–Kier alpha value is -3.07. The molecule has 0 radical (unpaired) electrons. The first-order valence-corrected chi connectivity index (χ1v) is 8.80. The van der Waals surface area contributed by atoms with Crippen molar-refractivity contribution in [2.24, 2.45) is 0 Å². The number of nitriles is 1. The number of amides is 2. The molecule has 1 aliphatic carbocycles. The Kier molecular flexibility index (Phi) is 5.69. The number of ether oxygens (including phenoxy) is 1. The third-order valence-electron chi connectivity index (χ3n) is 4.56. The summed E-state index contributed by atoms with van der Waals surface area (Å²) in [6.07, 6.45) is 5.05. The first-order valence-electron chi connectivity index (χ1n) is 8.80. The molecule has 0 atom stereocenters. The number of aryl methyl sites for hydroxylation is 1. The second-order valence-electron chi connectivity index (χ2n) is 6.50. The Morgan fingerprint density at radius 1 is 1.19 bits per heavy atom. The van der Waals surface area contributed by atoms with Gasteiger partial charge in [0, 0.05) is 24.0 Å². The molecular weight excluding hydrogens is 328 g/mol. The van der Waals surface area contributed by atoms with Gasteiger partial charge < -0.3 is 15.4 Å². The summed E-state index contributed by atoms with van der Waals surface area (Å²) >= 11 is 0. The molecule has 3 rings (SSSR count). The summed E-state index contributed by atoms with van der Waals surface area (Å²) in [5.74, 6) is 0.540. The summed E-state index contributed by atoms with van der Waals surface area (Å²) in [4.78, 5) is 16.3. The lowest BCUT2D eigenvalue weighted by atomic mass is 9.93. The van der Waals surface area contributed by atoms with Crippen LogP contribution in [0.1, 0.15) is 36.8 Å². The maximum Gasteiger partial charge on any atom is 0.319 e. The molecule has 2 amide bonds. The Balaban J connectivity index is 1.44. The number of nitrogens with zero attached hydrogens (tertiary/aromatic N) is 2. The summed E-state index contributed by atoms with van der Waals surface area (Å²) in [5.41, 5.74) is 2.38. The van der Waals surface area contributed by atoms with E-state index in [1.165, 1.54) is 6.20 Å². The van der Waals surface area contributed by atoms with Gasteiger partial charge in [0.05, 0.1) is 5.56 Å². The van der Waals surface area contributed by atoms with Crippen LogP contribution in [0.3, 0.4) is 0 Å². The fraction of sp³-hybridized carbons (Fsp3) is 0.350. The van der Waals surface area contributed by atoms with E-state index in [0.29, 0.717) is 11.4 Å². The lowest BCUT2D eigenvalue weighted by Gasteiger charge is -2.29. The van der Waals surface area contributed by atoms with Gasteiger partial charge in [0.1, 0.15) is 12.2 Å². The van der Waals surface area contributed by atoms with E-state index < -0.39 is 0 Å². The predicted octanol–water partition coefficient (Wildman–Crippen LogP) is 3.77. The number of benzene rings is 1. The fourth-order valence-corrected chi connectivity index (χ4v) is 3.07. The highest BCUT2D eigenvalue weighted by Gasteiger charge is 2.24. The fourth-order valence-electron chi connectivity index (χ4n) is 3.07. The van der Waals surface area contributed by atoms with Gasteiger partial charge in [-0.25, -0.2) is 9.78 Å². The summed E-state index contributed by atoms with van der Waals surface area (Å²) < 4.78 is 5.87. The number of carbonyl (C=O) groups is 1. The normalized spacial score (nSPS) is 19.2. The molecule has 1 aliphatic rings. The van der Waals surface area contributed by atoms with Gasteiger partial charge in [0.15, 0.2) is 0 Å². The molecule has 0 aliphatic heterocycles. The number of hydrogen-bond donors (Lipinski definition) is 2. The second kappa shape index (κ2) is 8.34. The van der Waals surface area contributed by atoms with Crippen molar-refractivity contribution < 1.29 is 9.53 Å². The average molecular weight is 350 g/mol. The first-order chi connectivity index (χ1) is 12.6.